The monoisotopic (exact) mass is 556 g/mol. The SMILES string of the molecule is O=C(O)CCC/C=C/C[C@@H]1[C@@H](/C=C/[C@H](CCc2ccccc2)OC2CCCCO2)[C@H](OC2CCCCO2)C[C@@H]1O. The Morgan fingerprint density at radius 1 is 1.02 bits per heavy atom. The van der Waals surface area contributed by atoms with E-state index in [-0.39, 0.29) is 43.0 Å². The molecule has 2 heterocycles. The number of unbranched alkanes of at least 4 members (excludes halogenated alkanes) is 1. The summed E-state index contributed by atoms with van der Waals surface area (Å²) < 4.78 is 24.7. The molecule has 222 valence electrons. The third-order valence-electron chi connectivity index (χ3n) is 8.27. The fourth-order valence-electron chi connectivity index (χ4n) is 6.01. The predicted octanol–water partition coefficient (Wildman–Crippen LogP) is 6.20. The molecule has 0 radical (unpaired) electrons. The lowest BCUT2D eigenvalue weighted by atomic mass is 9.89. The van der Waals surface area contributed by atoms with Gasteiger partial charge in [0.2, 0.25) is 0 Å². The first-order chi connectivity index (χ1) is 19.6. The molecule has 0 bridgehead atoms. The van der Waals surface area contributed by atoms with Crippen molar-refractivity contribution in [2.24, 2.45) is 11.8 Å². The maximum atomic E-state index is 11.1. The number of aliphatic hydroxyl groups excluding tert-OH is 1. The summed E-state index contributed by atoms with van der Waals surface area (Å²) in [6.45, 7) is 1.46. The van der Waals surface area contributed by atoms with E-state index < -0.39 is 12.1 Å². The Bertz CT molecular complexity index is 905. The van der Waals surface area contributed by atoms with Crippen LogP contribution >= 0.6 is 0 Å². The zero-order valence-electron chi connectivity index (χ0n) is 23.8. The van der Waals surface area contributed by atoms with Crippen LogP contribution in [0.15, 0.2) is 54.6 Å². The van der Waals surface area contributed by atoms with Crippen molar-refractivity contribution >= 4 is 5.97 Å². The first-order valence-electron chi connectivity index (χ1n) is 15.4. The topological polar surface area (TPSA) is 94.5 Å². The number of aliphatic hydroxyl groups is 1. The molecule has 1 saturated carbocycles. The lowest BCUT2D eigenvalue weighted by molar-refractivity contribution is -0.193. The largest absolute Gasteiger partial charge is 0.481 e. The van der Waals surface area contributed by atoms with E-state index in [2.05, 4.69) is 42.5 Å². The van der Waals surface area contributed by atoms with E-state index >= 15 is 0 Å². The molecule has 1 aromatic carbocycles. The second-order valence-electron chi connectivity index (χ2n) is 11.4. The Kier molecular flexibility index (Phi) is 13.2. The van der Waals surface area contributed by atoms with Gasteiger partial charge < -0.3 is 29.2 Å². The lowest BCUT2D eigenvalue weighted by Crippen LogP contribution is -2.31. The van der Waals surface area contributed by atoms with E-state index in [0.29, 0.717) is 12.8 Å². The minimum Gasteiger partial charge on any atom is -0.481 e. The van der Waals surface area contributed by atoms with Crippen LogP contribution < -0.4 is 0 Å². The summed E-state index contributed by atoms with van der Waals surface area (Å²) in [5.41, 5.74) is 1.28. The second-order valence-corrected chi connectivity index (χ2v) is 11.4. The van der Waals surface area contributed by atoms with Crippen molar-refractivity contribution < 1.29 is 34.0 Å². The number of rotatable bonds is 15. The number of ether oxygens (including phenoxy) is 4. The summed E-state index contributed by atoms with van der Waals surface area (Å²) in [6.07, 6.45) is 18.2. The van der Waals surface area contributed by atoms with Crippen LogP contribution in [-0.2, 0) is 30.2 Å². The molecule has 1 aromatic rings. The van der Waals surface area contributed by atoms with Gasteiger partial charge in [-0.2, -0.15) is 0 Å². The summed E-state index contributed by atoms with van der Waals surface area (Å²) in [6, 6.07) is 10.5. The van der Waals surface area contributed by atoms with Crippen LogP contribution in [0.5, 0.6) is 0 Å². The van der Waals surface area contributed by atoms with E-state index in [1.165, 1.54) is 5.56 Å². The molecule has 3 aliphatic rings. The molecule has 1 aliphatic carbocycles. The van der Waals surface area contributed by atoms with E-state index in [0.717, 1.165) is 77.4 Å². The third-order valence-corrected chi connectivity index (χ3v) is 8.27. The first-order valence-corrected chi connectivity index (χ1v) is 15.4. The molecule has 7 nitrogen and oxygen atoms in total. The van der Waals surface area contributed by atoms with Crippen LogP contribution in [0.1, 0.15) is 82.6 Å². The van der Waals surface area contributed by atoms with Gasteiger partial charge >= 0.3 is 5.97 Å². The number of aliphatic carboxylic acids is 1. The number of carboxylic acids is 1. The van der Waals surface area contributed by atoms with Crippen LogP contribution in [0.2, 0.25) is 0 Å². The molecular formula is C33H48O7. The van der Waals surface area contributed by atoms with Crippen molar-refractivity contribution in [1.82, 2.24) is 0 Å². The molecule has 7 atom stereocenters. The highest BCUT2D eigenvalue weighted by atomic mass is 16.7. The zero-order chi connectivity index (χ0) is 28.0. The van der Waals surface area contributed by atoms with E-state index in [1.807, 2.05) is 12.1 Å². The zero-order valence-corrected chi connectivity index (χ0v) is 23.8. The van der Waals surface area contributed by atoms with Crippen LogP contribution in [0.3, 0.4) is 0 Å². The molecule has 2 saturated heterocycles. The highest BCUT2D eigenvalue weighted by molar-refractivity contribution is 5.66. The average molecular weight is 557 g/mol. The van der Waals surface area contributed by atoms with Crippen molar-refractivity contribution in [2.75, 3.05) is 13.2 Å². The Hall–Kier alpha value is -2.03. The molecule has 2 N–H and O–H groups in total. The molecular weight excluding hydrogens is 508 g/mol. The molecule has 0 spiro atoms. The van der Waals surface area contributed by atoms with Crippen molar-refractivity contribution in [3.8, 4) is 0 Å². The number of benzene rings is 1. The fraction of sp³-hybridized carbons (Fsp3) is 0.667. The third kappa shape index (κ3) is 10.4. The number of carboxylic acid groups (broad SMARTS) is 1. The van der Waals surface area contributed by atoms with Crippen molar-refractivity contribution in [2.45, 2.75) is 114 Å². The van der Waals surface area contributed by atoms with E-state index in [4.69, 9.17) is 24.1 Å². The van der Waals surface area contributed by atoms with Crippen molar-refractivity contribution in [1.29, 1.82) is 0 Å². The molecule has 4 rings (SSSR count). The minimum atomic E-state index is -0.766. The van der Waals surface area contributed by atoms with Crippen LogP contribution in [0.25, 0.3) is 0 Å². The Balaban J connectivity index is 1.44. The smallest absolute Gasteiger partial charge is 0.303 e. The van der Waals surface area contributed by atoms with Gasteiger partial charge in [0.05, 0.1) is 18.3 Å². The number of carbonyl (C=O) groups is 1. The quantitative estimate of drug-likeness (QED) is 0.196. The van der Waals surface area contributed by atoms with E-state index in [1.54, 1.807) is 0 Å². The van der Waals surface area contributed by atoms with Crippen molar-refractivity contribution in [3.63, 3.8) is 0 Å². The second kappa shape index (κ2) is 17.0. The summed E-state index contributed by atoms with van der Waals surface area (Å²) in [4.78, 5) is 10.8. The maximum absolute atomic E-state index is 11.1. The Morgan fingerprint density at radius 3 is 2.48 bits per heavy atom. The molecule has 2 aliphatic heterocycles. The van der Waals surface area contributed by atoms with Crippen LogP contribution in [0, 0.1) is 11.8 Å². The molecule has 40 heavy (non-hydrogen) atoms. The van der Waals surface area contributed by atoms with Gasteiger partial charge in [-0.1, -0.05) is 54.6 Å². The van der Waals surface area contributed by atoms with Gasteiger partial charge in [0.15, 0.2) is 12.6 Å². The normalized spacial score (nSPS) is 30.2. The minimum absolute atomic E-state index is 0.0151. The summed E-state index contributed by atoms with van der Waals surface area (Å²) in [7, 11) is 0. The van der Waals surface area contributed by atoms with Gasteiger partial charge in [-0.15, -0.1) is 0 Å². The van der Waals surface area contributed by atoms with E-state index in [9.17, 15) is 9.90 Å². The highest BCUT2D eigenvalue weighted by Gasteiger charge is 2.42. The van der Waals surface area contributed by atoms with Gasteiger partial charge in [-0.25, -0.2) is 0 Å². The van der Waals surface area contributed by atoms with Gasteiger partial charge in [-0.3, -0.25) is 4.79 Å². The van der Waals surface area contributed by atoms with Gasteiger partial charge in [0, 0.05) is 32.0 Å². The lowest BCUT2D eigenvalue weighted by Gasteiger charge is -2.30. The fourth-order valence-corrected chi connectivity index (χ4v) is 6.01. The Morgan fingerprint density at radius 2 is 1.77 bits per heavy atom. The highest BCUT2D eigenvalue weighted by Crippen LogP contribution is 2.39. The number of allylic oxidation sites excluding steroid dienone is 2. The molecule has 3 fully saturated rings. The molecule has 2 unspecified atom stereocenters. The maximum Gasteiger partial charge on any atom is 0.303 e. The molecule has 0 amide bonds. The van der Waals surface area contributed by atoms with Crippen LogP contribution in [0.4, 0.5) is 0 Å². The number of hydrogen-bond acceptors (Lipinski definition) is 6. The Labute approximate surface area is 239 Å². The molecule has 0 aromatic heterocycles. The molecule has 7 heteroatoms. The summed E-state index contributed by atoms with van der Waals surface area (Å²) in [5, 5.41) is 20.0. The van der Waals surface area contributed by atoms with Gasteiger partial charge in [0.25, 0.3) is 0 Å². The summed E-state index contributed by atoms with van der Waals surface area (Å²) in [5.74, 6) is -0.724. The standard InChI is InChI=1S/C33H48O7/c34-29-24-30(40-33-17-9-11-23-38-33)28(27(29)14-6-1-2-7-15-31(35)36)21-20-26(39-32-16-8-10-22-37-32)19-18-25-12-4-3-5-13-25/h1,3-6,12-13,20-21,26-30,32-34H,2,7-11,14-19,22-24H2,(H,35,36)/b6-1+,21-20+/t26-,27+,28+,29-,30+,32?,33?/m0/s1. The first kappa shape index (κ1) is 30.9. The van der Waals surface area contributed by atoms with Gasteiger partial charge in [-0.05, 0) is 82.1 Å². The van der Waals surface area contributed by atoms with Gasteiger partial charge in [0.1, 0.15) is 0 Å². The number of hydrogen-bond donors (Lipinski definition) is 2. The number of aryl methyl sites for hydroxylation is 1. The predicted molar refractivity (Wildman–Crippen MR) is 154 cm³/mol. The average Bonchev–Trinajstić information content (AvgIpc) is 3.26. The summed E-state index contributed by atoms with van der Waals surface area (Å²) >= 11 is 0. The van der Waals surface area contributed by atoms with Crippen LogP contribution in [-0.4, -0.2) is 60.3 Å². The van der Waals surface area contributed by atoms with Crippen molar-refractivity contribution in [3.05, 3.63) is 60.2 Å².